The van der Waals surface area contributed by atoms with Gasteiger partial charge in [0.2, 0.25) is 0 Å². The number of aromatic nitrogens is 1. The largest absolute Gasteiger partial charge is 0.493 e. The van der Waals surface area contributed by atoms with Crippen molar-refractivity contribution in [1.29, 1.82) is 0 Å². The number of methoxy groups -OCH3 is 1. The third-order valence-electron chi connectivity index (χ3n) is 4.76. The third-order valence-corrected chi connectivity index (χ3v) is 6.15. The fourth-order valence-electron chi connectivity index (χ4n) is 3.67. The van der Waals surface area contributed by atoms with E-state index in [1.807, 2.05) is 55.2 Å². The Morgan fingerprint density at radius 1 is 1.33 bits per heavy atom. The third kappa shape index (κ3) is 3.36. The van der Waals surface area contributed by atoms with Crippen LogP contribution in [0.2, 0.25) is 5.02 Å². The first kappa shape index (κ1) is 18.4. The molecular weight excluding hydrogens is 382 g/mol. The van der Waals surface area contributed by atoms with E-state index in [-0.39, 0.29) is 12.1 Å². The summed E-state index contributed by atoms with van der Waals surface area (Å²) >= 11 is 8.37. The molecule has 142 valence electrons. The summed E-state index contributed by atoms with van der Waals surface area (Å²) in [5.41, 5.74) is 2.02. The number of fused-ring (bicyclic) bond motifs is 1. The van der Waals surface area contributed by atoms with E-state index in [0.29, 0.717) is 28.4 Å². The van der Waals surface area contributed by atoms with Gasteiger partial charge in [-0.1, -0.05) is 36.4 Å². The monoisotopic (exact) mass is 403 g/mol. The molecule has 1 fully saturated rings. The molecule has 2 aliphatic heterocycles. The average Bonchev–Trinajstić information content (AvgIpc) is 3.20. The van der Waals surface area contributed by atoms with Crippen LogP contribution in [0.5, 0.6) is 11.5 Å². The Labute approximate surface area is 168 Å². The lowest BCUT2D eigenvalue weighted by atomic mass is 9.96. The molecule has 0 N–H and O–H groups in total. The summed E-state index contributed by atoms with van der Waals surface area (Å²) in [6.07, 6.45) is 1.82. The molecule has 5 nitrogen and oxygen atoms in total. The SMILES string of the molecule is CCOc1c(Cl)cc([C@@H]2[C@H](c3ccccn3)N=C3S[C@@H](C)CN32)cc1OC. The maximum atomic E-state index is 6.55. The van der Waals surface area contributed by atoms with Gasteiger partial charge in [0.05, 0.1) is 30.5 Å². The maximum absolute atomic E-state index is 6.55. The molecule has 0 saturated carbocycles. The zero-order valence-electron chi connectivity index (χ0n) is 15.6. The standard InChI is InChI=1S/C20H22ClN3O2S/c1-4-26-19-14(21)9-13(10-16(19)25-3)18-17(15-7-5-6-8-22-15)23-20-24(18)11-12(2)27-20/h5-10,12,17-18H,4,11H2,1-3H3/t12-,17-,18+/m0/s1. The van der Waals surface area contributed by atoms with E-state index in [0.717, 1.165) is 23.0 Å². The molecule has 4 rings (SSSR count). The molecule has 0 bridgehead atoms. The highest BCUT2D eigenvalue weighted by atomic mass is 35.5. The average molecular weight is 404 g/mol. The van der Waals surface area contributed by atoms with Crippen molar-refractivity contribution in [3.63, 3.8) is 0 Å². The van der Waals surface area contributed by atoms with Crippen molar-refractivity contribution >= 4 is 28.5 Å². The first-order valence-corrected chi connectivity index (χ1v) is 10.3. The van der Waals surface area contributed by atoms with E-state index in [1.165, 1.54) is 0 Å². The van der Waals surface area contributed by atoms with Gasteiger partial charge in [0.25, 0.3) is 0 Å². The lowest BCUT2D eigenvalue weighted by Crippen LogP contribution is -2.28. The zero-order valence-corrected chi connectivity index (χ0v) is 17.1. The summed E-state index contributed by atoms with van der Waals surface area (Å²) in [5.74, 6) is 1.23. The van der Waals surface area contributed by atoms with Crippen molar-refractivity contribution in [3.05, 3.63) is 52.8 Å². The van der Waals surface area contributed by atoms with Crippen molar-refractivity contribution in [2.75, 3.05) is 20.3 Å². The predicted octanol–water partition coefficient (Wildman–Crippen LogP) is 4.73. The molecule has 3 heterocycles. The van der Waals surface area contributed by atoms with Gasteiger partial charge >= 0.3 is 0 Å². The Balaban J connectivity index is 1.79. The second-order valence-corrected chi connectivity index (χ2v) is 8.42. The number of nitrogens with zero attached hydrogens (tertiary/aromatic N) is 3. The number of amidine groups is 1. The zero-order chi connectivity index (χ0) is 19.0. The Bertz CT molecular complexity index is 862. The van der Waals surface area contributed by atoms with Crippen molar-refractivity contribution < 1.29 is 9.47 Å². The number of hydrogen-bond donors (Lipinski definition) is 0. The smallest absolute Gasteiger partial charge is 0.179 e. The minimum absolute atomic E-state index is 0.0365. The van der Waals surface area contributed by atoms with E-state index in [1.54, 1.807) is 7.11 Å². The number of ether oxygens (including phenoxy) is 2. The highest BCUT2D eigenvalue weighted by Crippen LogP contribution is 2.49. The second kappa shape index (κ2) is 7.60. The first-order valence-electron chi connectivity index (χ1n) is 9.04. The number of aliphatic imine (C=N–C) groups is 1. The van der Waals surface area contributed by atoms with Gasteiger partial charge in [-0.3, -0.25) is 9.98 Å². The van der Waals surface area contributed by atoms with Crippen LogP contribution in [0.3, 0.4) is 0 Å². The number of hydrogen-bond acceptors (Lipinski definition) is 6. The molecule has 7 heteroatoms. The number of thioether (sulfide) groups is 1. The molecule has 0 aliphatic carbocycles. The van der Waals surface area contributed by atoms with Gasteiger partial charge in [-0.15, -0.1) is 0 Å². The highest BCUT2D eigenvalue weighted by Gasteiger charge is 2.43. The predicted molar refractivity (Wildman–Crippen MR) is 110 cm³/mol. The molecule has 0 spiro atoms. The summed E-state index contributed by atoms with van der Waals surface area (Å²) < 4.78 is 11.2. The van der Waals surface area contributed by atoms with Gasteiger partial charge in [-0.25, -0.2) is 0 Å². The number of pyridine rings is 1. The molecule has 0 amide bonds. The van der Waals surface area contributed by atoms with E-state index in [2.05, 4.69) is 16.8 Å². The molecule has 0 radical (unpaired) electrons. The van der Waals surface area contributed by atoms with E-state index in [4.69, 9.17) is 26.1 Å². The molecule has 2 aromatic rings. The van der Waals surface area contributed by atoms with Crippen LogP contribution in [-0.2, 0) is 0 Å². The highest BCUT2D eigenvalue weighted by molar-refractivity contribution is 8.14. The maximum Gasteiger partial charge on any atom is 0.179 e. The summed E-state index contributed by atoms with van der Waals surface area (Å²) in [6, 6.07) is 9.92. The van der Waals surface area contributed by atoms with E-state index >= 15 is 0 Å². The number of rotatable bonds is 5. The first-order chi connectivity index (χ1) is 13.1. The summed E-state index contributed by atoms with van der Waals surface area (Å²) in [4.78, 5) is 11.9. The molecule has 27 heavy (non-hydrogen) atoms. The van der Waals surface area contributed by atoms with Gasteiger partial charge in [0.15, 0.2) is 16.7 Å². The van der Waals surface area contributed by atoms with Crippen LogP contribution in [0, 0.1) is 0 Å². The van der Waals surface area contributed by atoms with Crippen LogP contribution < -0.4 is 9.47 Å². The fourth-order valence-corrected chi connectivity index (χ4v) is 5.04. The summed E-state index contributed by atoms with van der Waals surface area (Å²) in [6.45, 7) is 5.64. The number of halogens is 1. The Kier molecular flexibility index (Phi) is 5.19. The van der Waals surface area contributed by atoms with Crippen molar-refractivity contribution in [1.82, 2.24) is 9.88 Å². The molecule has 1 aromatic heterocycles. The van der Waals surface area contributed by atoms with Crippen molar-refractivity contribution in [3.8, 4) is 11.5 Å². The van der Waals surface area contributed by atoms with Crippen LogP contribution in [-0.4, -0.2) is 40.6 Å². The van der Waals surface area contributed by atoms with Gasteiger partial charge in [-0.05, 0) is 36.8 Å². The molecule has 1 aromatic carbocycles. The van der Waals surface area contributed by atoms with Crippen LogP contribution in [0.25, 0.3) is 0 Å². The molecule has 1 saturated heterocycles. The Morgan fingerprint density at radius 2 is 2.19 bits per heavy atom. The van der Waals surface area contributed by atoms with Gasteiger partial charge < -0.3 is 14.4 Å². The Morgan fingerprint density at radius 3 is 2.89 bits per heavy atom. The lowest BCUT2D eigenvalue weighted by molar-refractivity contribution is 0.304. The van der Waals surface area contributed by atoms with E-state index < -0.39 is 0 Å². The quantitative estimate of drug-likeness (QED) is 0.722. The van der Waals surface area contributed by atoms with Crippen LogP contribution in [0.1, 0.15) is 37.2 Å². The van der Waals surface area contributed by atoms with E-state index in [9.17, 15) is 0 Å². The van der Waals surface area contributed by atoms with Crippen LogP contribution in [0.15, 0.2) is 41.5 Å². The Hall–Kier alpha value is -1.92. The summed E-state index contributed by atoms with van der Waals surface area (Å²) in [5, 5.41) is 2.14. The topological polar surface area (TPSA) is 47.0 Å². The lowest BCUT2D eigenvalue weighted by Gasteiger charge is -2.28. The summed E-state index contributed by atoms with van der Waals surface area (Å²) in [7, 11) is 1.64. The molecule has 2 aliphatic rings. The molecule has 0 unspecified atom stereocenters. The normalized spacial score (nSPS) is 23.9. The fraction of sp³-hybridized carbons (Fsp3) is 0.400. The van der Waals surface area contributed by atoms with Crippen molar-refractivity contribution in [2.24, 2.45) is 4.99 Å². The van der Waals surface area contributed by atoms with Gasteiger partial charge in [0.1, 0.15) is 6.04 Å². The minimum Gasteiger partial charge on any atom is -0.493 e. The van der Waals surface area contributed by atoms with Gasteiger partial charge in [0, 0.05) is 18.0 Å². The number of benzene rings is 1. The van der Waals surface area contributed by atoms with Crippen LogP contribution in [0.4, 0.5) is 0 Å². The van der Waals surface area contributed by atoms with Crippen LogP contribution >= 0.6 is 23.4 Å². The second-order valence-electron chi connectivity index (χ2n) is 6.60. The molecule has 3 atom stereocenters. The van der Waals surface area contributed by atoms with Crippen molar-refractivity contribution in [2.45, 2.75) is 31.2 Å². The molecular formula is C20H22ClN3O2S. The minimum atomic E-state index is -0.0695. The van der Waals surface area contributed by atoms with Gasteiger partial charge in [-0.2, -0.15) is 0 Å².